The molecule has 1 amide bonds. The molecule has 7 heteroatoms. The van der Waals surface area contributed by atoms with Crippen molar-refractivity contribution >= 4 is 22.6 Å². The monoisotopic (exact) mass is 431 g/mol. The summed E-state index contributed by atoms with van der Waals surface area (Å²) in [6.07, 6.45) is 1.69. The first-order chi connectivity index (χ1) is 15.1. The number of nitrogens with zero attached hydrogens (tertiary/aromatic N) is 5. The van der Waals surface area contributed by atoms with Gasteiger partial charge in [-0.1, -0.05) is 6.07 Å². The number of pyridine rings is 2. The number of carbonyl (C=O) groups excluding carboxylic acids is 1. The van der Waals surface area contributed by atoms with Gasteiger partial charge in [-0.25, -0.2) is 14.1 Å². The van der Waals surface area contributed by atoms with Crippen molar-refractivity contribution in [2.24, 2.45) is 0 Å². The summed E-state index contributed by atoms with van der Waals surface area (Å²) in [6, 6.07) is 13.3. The van der Waals surface area contributed by atoms with Gasteiger partial charge in [0, 0.05) is 17.6 Å². The Morgan fingerprint density at radius 3 is 2.44 bits per heavy atom. The Balaban J connectivity index is 1.88. The standard InChI is InChI=1S/C25H26FN5O/c1-16-14-21(22-17(2)29-31(23(22)28-16)25(3,4)5)24(32)30(15-19-8-6-7-13-27-19)20-11-9-18(26)10-12-20/h6-14H,15H2,1-5H3. The second-order valence-electron chi connectivity index (χ2n) is 8.87. The lowest BCUT2D eigenvalue weighted by atomic mass is 10.1. The zero-order valence-electron chi connectivity index (χ0n) is 18.9. The van der Waals surface area contributed by atoms with Crippen LogP contribution in [0.25, 0.3) is 11.0 Å². The molecular weight excluding hydrogens is 405 g/mol. The lowest BCUT2D eigenvalue weighted by molar-refractivity contribution is 0.0986. The highest BCUT2D eigenvalue weighted by Gasteiger charge is 2.27. The first kappa shape index (κ1) is 21.6. The normalized spacial score (nSPS) is 11.7. The number of halogens is 1. The summed E-state index contributed by atoms with van der Waals surface area (Å²) in [5.41, 5.74) is 3.68. The van der Waals surface area contributed by atoms with Crippen LogP contribution in [0.3, 0.4) is 0 Å². The van der Waals surface area contributed by atoms with Gasteiger partial charge < -0.3 is 4.90 Å². The molecule has 0 aliphatic carbocycles. The van der Waals surface area contributed by atoms with Gasteiger partial charge in [0.05, 0.1) is 34.4 Å². The summed E-state index contributed by atoms with van der Waals surface area (Å²) in [7, 11) is 0. The van der Waals surface area contributed by atoms with Gasteiger partial charge in [0.25, 0.3) is 5.91 Å². The van der Waals surface area contributed by atoms with Gasteiger partial charge in [-0.3, -0.25) is 9.78 Å². The Kier molecular flexibility index (Phi) is 5.50. The zero-order valence-corrected chi connectivity index (χ0v) is 18.9. The first-order valence-electron chi connectivity index (χ1n) is 10.5. The Morgan fingerprint density at radius 1 is 1.09 bits per heavy atom. The van der Waals surface area contributed by atoms with Gasteiger partial charge in [-0.15, -0.1) is 0 Å². The van der Waals surface area contributed by atoms with E-state index in [9.17, 15) is 9.18 Å². The van der Waals surface area contributed by atoms with Crippen LogP contribution in [0.1, 0.15) is 48.2 Å². The minimum Gasteiger partial charge on any atom is -0.302 e. The summed E-state index contributed by atoms with van der Waals surface area (Å²) >= 11 is 0. The third-order valence-electron chi connectivity index (χ3n) is 5.24. The summed E-state index contributed by atoms with van der Waals surface area (Å²) in [5, 5.41) is 5.42. The van der Waals surface area contributed by atoms with E-state index in [2.05, 4.69) is 25.8 Å². The minimum atomic E-state index is -0.358. The molecule has 0 aliphatic heterocycles. The second kappa shape index (κ2) is 8.15. The highest BCUT2D eigenvalue weighted by atomic mass is 19.1. The Labute approximate surface area is 186 Å². The average molecular weight is 432 g/mol. The number of benzene rings is 1. The molecule has 0 bridgehead atoms. The molecule has 4 aromatic rings. The second-order valence-corrected chi connectivity index (χ2v) is 8.87. The SMILES string of the molecule is Cc1cc(C(=O)N(Cc2ccccn2)c2ccc(F)cc2)c2c(C)nn(C(C)(C)C)c2n1. The third-order valence-corrected chi connectivity index (χ3v) is 5.24. The van der Waals surface area contributed by atoms with Gasteiger partial charge >= 0.3 is 0 Å². The Bertz CT molecular complexity index is 1270. The molecule has 6 nitrogen and oxygen atoms in total. The molecule has 0 radical (unpaired) electrons. The Hall–Kier alpha value is -3.61. The number of amides is 1. The molecule has 0 aliphatic rings. The van der Waals surface area contributed by atoms with E-state index in [0.29, 0.717) is 16.9 Å². The largest absolute Gasteiger partial charge is 0.302 e. The van der Waals surface area contributed by atoms with Crippen molar-refractivity contribution in [3.05, 3.63) is 83.2 Å². The van der Waals surface area contributed by atoms with Gasteiger partial charge in [0.2, 0.25) is 0 Å². The van der Waals surface area contributed by atoms with E-state index in [1.54, 1.807) is 29.3 Å². The van der Waals surface area contributed by atoms with E-state index < -0.39 is 0 Å². The number of hydrogen-bond donors (Lipinski definition) is 0. The van der Waals surface area contributed by atoms with Crippen molar-refractivity contribution in [2.75, 3.05) is 4.90 Å². The van der Waals surface area contributed by atoms with Crippen molar-refractivity contribution < 1.29 is 9.18 Å². The maximum Gasteiger partial charge on any atom is 0.259 e. The lowest BCUT2D eigenvalue weighted by Crippen LogP contribution is -2.31. The summed E-state index contributed by atoms with van der Waals surface area (Å²) in [4.78, 5) is 24.6. The predicted octanol–water partition coefficient (Wildman–Crippen LogP) is 5.18. The molecule has 164 valence electrons. The molecule has 4 rings (SSSR count). The number of aryl methyl sites for hydroxylation is 2. The van der Waals surface area contributed by atoms with Crippen LogP contribution >= 0.6 is 0 Å². The predicted molar refractivity (Wildman–Crippen MR) is 123 cm³/mol. The molecule has 3 heterocycles. The number of fused-ring (bicyclic) bond motifs is 1. The number of rotatable bonds is 4. The van der Waals surface area contributed by atoms with Crippen LogP contribution in [0.5, 0.6) is 0 Å². The first-order valence-corrected chi connectivity index (χ1v) is 10.5. The van der Waals surface area contributed by atoms with Crippen molar-refractivity contribution in [3.63, 3.8) is 0 Å². The van der Waals surface area contributed by atoms with Crippen LogP contribution in [0.2, 0.25) is 0 Å². The van der Waals surface area contributed by atoms with Gasteiger partial charge in [-0.05, 0) is 77.1 Å². The molecule has 0 unspecified atom stereocenters. The number of aromatic nitrogens is 4. The van der Waals surface area contributed by atoms with Gasteiger partial charge in [0.1, 0.15) is 5.82 Å². The van der Waals surface area contributed by atoms with Crippen molar-refractivity contribution in [1.82, 2.24) is 19.7 Å². The van der Waals surface area contributed by atoms with E-state index >= 15 is 0 Å². The van der Waals surface area contributed by atoms with E-state index in [4.69, 9.17) is 10.1 Å². The van der Waals surface area contributed by atoms with Crippen LogP contribution in [0.4, 0.5) is 10.1 Å². The Morgan fingerprint density at radius 2 is 1.81 bits per heavy atom. The molecule has 3 aromatic heterocycles. The van der Waals surface area contributed by atoms with E-state index in [0.717, 1.165) is 22.5 Å². The molecule has 0 fully saturated rings. The third kappa shape index (κ3) is 4.10. The van der Waals surface area contributed by atoms with E-state index in [1.165, 1.54) is 12.1 Å². The van der Waals surface area contributed by atoms with Crippen LogP contribution < -0.4 is 4.90 Å². The quantitative estimate of drug-likeness (QED) is 0.446. The highest BCUT2D eigenvalue weighted by Crippen LogP contribution is 2.29. The molecule has 1 aromatic carbocycles. The fourth-order valence-electron chi connectivity index (χ4n) is 3.75. The van der Waals surface area contributed by atoms with Gasteiger partial charge in [-0.2, -0.15) is 5.10 Å². The molecule has 0 saturated carbocycles. The van der Waals surface area contributed by atoms with Crippen molar-refractivity contribution in [1.29, 1.82) is 0 Å². The topological polar surface area (TPSA) is 63.9 Å². The van der Waals surface area contributed by atoms with Gasteiger partial charge in [0.15, 0.2) is 5.65 Å². The zero-order chi connectivity index (χ0) is 23.0. The smallest absolute Gasteiger partial charge is 0.259 e. The number of carbonyl (C=O) groups is 1. The summed E-state index contributed by atoms with van der Waals surface area (Å²) < 4.78 is 15.5. The van der Waals surface area contributed by atoms with Crippen molar-refractivity contribution in [2.45, 2.75) is 46.7 Å². The number of anilines is 1. The molecule has 0 saturated heterocycles. The van der Waals surface area contributed by atoms with Crippen LogP contribution in [0, 0.1) is 19.7 Å². The van der Waals surface area contributed by atoms with E-state index in [-0.39, 0.29) is 23.8 Å². The number of hydrogen-bond acceptors (Lipinski definition) is 4. The van der Waals surface area contributed by atoms with Crippen LogP contribution in [-0.2, 0) is 12.1 Å². The fraction of sp³-hybridized carbons (Fsp3) is 0.280. The lowest BCUT2D eigenvalue weighted by Gasteiger charge is -2.24. The highest BCUT2D eigenvalue weighted by molar-refractivity contribution is 6.13. The van der Waals surface area contributed by atoms with Crippen LogP contribution in [-0.4, -0.2) is 25.7 Å². The molecule has 32 heavy (non-hydrogen) atoms. The van der Waals surface area contributed by atoms with E-state index in [1.807, 2.05) is 36.7 Å². The maximum absolute atomic E-state index is 14.0. The molecule has 0 atom stereocenters. The fourth-order valence-corrected chi connectivity index (χ4v) is 3.75. The molecule has 0 spiro atoms. The average Bonchev–Trinajstić information content (AvgIpc) is 3.09. The van der Waals surface area contributed by atoms with Crippen LogP contribution in [0.15, 0.2) is 54.7 Å². The molecular formula is C25H26FN5O. The minimum absolute atomic E-state index is 0.214. The molecule has 0 N–H and O–H groups in total. The summed E-state index contributed by atoms with van der Waals surface area (Å²) in [5.74, 6) is -0.572. The summed E-state index contributed by atoms with van der Waals surface area (Å²) in [6.45, 7) is 10.2. The maximum atomic E-state index is 14.0. The van der Waals surface area contributed by atoms with Crippen molar-refractivity contribution in [3.8, 4) is 0 Å².